The SMILES string of the molecule is CC[C@H](NC(=O)CN(c1ccc(C(C)C)cc1)S(=O)(=O)c1ccc(C)cc1)c1ccc(C)cc1. The third kappa shape index (κ3) is 6.06. The Hall–Kier alpha value is -3.12. The monoisotopic (exact) mass is 478 g/mol. The first kappa shape index (κ1) is 25.5. The highest BCUT2D eigenvalue weighted by Gasteiger charge is 2.28. The third-order valence-electron chi connectivity index (χ3n) is 5.97. The van der Waals surface area contributed by atoms with Crippen LogP contribution in [-0.4, -0.2) is 20.9 Å². The van der Waals surface area contributed by atoms with Crippen LogP contribution in [0.1, 0.15) is 61.4 Å². The fraction of sp³-hybridized carbons (Fsp3) is 0.321. The summed E-state index contributed by atoms with van der Waals surface area (Å²) in [7, 11) is -3.94. The fourth-order valence-corrected chi connectivity index (χ4v) is 5.19. The number of carbonyl (C=O) groups is 1. The van der Waals surface area contributed by atoms with Gasteiger partial charge in [-0.3, -0.25) is 9.10 Å². The van der Waals surface area contributed by atoms with E-state index in [4.69, 9.17) is 0 Å². The normalized spacial score (nSPS) is 12.4. The van der Waals surface area contributed by atoms with E-state index >= 15 is 0 Å². The van der Waals surface area contributed by atoms with Gasteiger partial charge in [-0.2, -0.15) is 0 Å². The zero-order chi connectivity index (χ0) is 24.9. The molecule has 1 N–H and O–H groups in total. The van der Waals surface area contributed by atoms with E-state index in [1.54, 1.807) is 36.4 Å². The number of hydrogen-bond acceptors (Lipinski definition) is 3. The molecule has 3 aromatic rings. The molecule has 0 radical (unpaired) electrons. The average molecular weight is 479 g/mol. The Morgan fingerprint density at radius 2 is 1.32 bits per heavy atom. The minimum Gasteiger partial charge on any atom is -0.348 e. The van der Waals surface area contributed by atoms with Crippen molar-refractivity contribution in [2.45, 2.75) is 57.9 Å². The molecule has 0 saturated carbocycles. The number of nitrogens with one attached hydrogen (secondary N) is 1. The van der Waals surface area contributed by atoms with Crippen LogP contribution in [0, 0.1) is 13.8 Å². The lowest BCUT2D eigenvalue weighted by Gasteiger charge is -2.26. The third-order valence-corrected chi connectivity index (χ3v) is 7.76. The summed E-state index contributed by atoms with van der Waals surface area (Å²) in [5.41, 5.74) is 4.67. The lowest BCUT2D eigenvalue weighted by atomic mass is 10.0. The molecule has 0 spiro atoms. The zero-order valence-electron chi connectivity index (χ0n) is 20.6. The molecule has 1 amide bonds. The highest BCUT2D eigenvalue weighted by molar-refractivity contribution is 7.92. The quantitative estimate of drug-likeness (QED) is 0.417. The van der Waals surface area contributed by atoms with Gasteiger partial charge in [0.05, 0.1) is 16.6 Å². The van der Waals surface area contributed by atoms with Crippen LogP contribution in [0.3, 0.4) is 0 Å². The van der Waals surface area contributed by atoms with Gasteiger partial charge in [-0.1, -0.05) is 80.4 Å². The maximum atomic E-state index is 13.6. The number of anilines is 1. The van der Waals surface area contributed by atoms with E-state index in [-0.39, 0.29) is 23.4 Å². The predicted molar refractivity (Wildman–Crippen MR) is 139 cm³/mol. The fourth-order valence-electron chi connectivity index (χ4n) is 3.77. The Bertz CT molecular complexity index is 1200. The number of aryl methyl sites for hydroxylation is 2. The average Bonchev–Trinajstić information content (AvgIpc) is 2.82. The van der Waals surface area contributed by atoms with Gasteiger partial charge in [0.2, 0.25) is 5.91 Å². The molecule has 0 unspecified atom stereocenters. The number of nitrogens with zero attached hydrogens (tertiary/aromatic N) is 1. The van der Waals surface area contributed by atoms with Crippen LogP contribution >= 0.6 is 0 Å². The second-order valence-electron chi connectivity index (χ2n) is 9.01. The van der Waals surface area contributed by atoms with Crippen molar-refractivity contribution in [2.75, 3.05) is 10.8 Å². The molecule has 0 heterocycles. The maximum absolute atomic E-state index is 13.6. The molecule has 5 nitrogen and oxygen atoms in total. The van der Waals surface area contributed by atoms with E-state index in [1.807, 2.05) is 57.2 Å². The van der Waals surface area contributed by atoms with Crippen LogP contribution in [0.2, 0.25) is 0 Å². The van der Waals surface area contributed by atoms with Gasteiger partial charge >= 0.3 is 0 Å². The number of amides is 1. The lowest BCUT2D eigenvalue weighted by Crippen LogP contribution is -2.42. The van der Waals surface area contributed by atoms with Crippen molar-refractivity contribution in [3.63, 3.8) is 0 Å². The number of rotatable bonds is 9. The van der Waals surface area contributed by atoms with Crippen LogP contribution in [0.25, 0.3) is 0 Å². The van der Waals surface area contributed by atoms with Crippen molar-refractivity contribution in [2.24, 2.45) is 0 Å². The van der Waals surface area contributed by atoms with Crippen LogP contribution in [0.5, 0.6) is 0 Å². The van der Waals surface area contributed by atoms with Crippen molar-refractivity contribution in [3.8, 4) is 0 Å². The molecular weight excluding hydrogens is 444 g/mol. The van der Waals surface area contributed by atoms with E-state index < -0.39 is 10.0 Å². The van der Waals surface area contributed by atoms with Crippen LogP contribution in [-0.2, 0) is 14.8 Å². The Kier molecular flexibility index (Phi) is 8.15. The molecule has 34 heavy (non-hydrogen) atoms. The molecule has 6 heteroatoms. The van der Waals surface area contributed by atoms with Crippen molar-refractivity contribution in [1.82, 2.24) is 5.32 Å². The van der Waals surface area contributed by atoms with Gasteiger partial charge < -0.3 is 5.32 Å². The number of carbonyl (C=O) groups excluding carboxylic acids is 1. The minimum absolute atomic E-state index is 0.157. The summed E-state index contributed by atoms with van der Waals surface area (Å²) in [5.74, 6) is -0.0321. The minimum atomic E-state index is -3.94. The molecule has 180 valence electrons. The zero-order valence-corrected chi connectivity index (χ0v) is 21.4. The van der Waals surface area contributed by atoms with Crippen LogP contribution in [0.15, 0.2) is 77.7 Å². The van der Waals surface area contributed by atoms with Gasteiger partial charge in [0.1, 0.15) is 6.54 Å². The van der Waals surface area contributed by atoms with Crippen molar-refractivity contribution in [3.05, 3.63) is 95.1 Å². The van der Waals surface area contributed by atoms with E-state index in [0.717, 1.165) is 22.3 Å². The molecule has 1 atom stereocenters. The summed E-state index contributed by atoms with van der Waals surface area (Å²) in [4.78, 5) is 13.3. The van der Waals surface area contributed by atoms with Crippen molar-refractivity contribution in [1.29, 1.82) is 0 Å². The predicted octanol–water partition coefficient (Wildman–Crippen LogP) is 5.89. The molecule has 0 aliphatic heterocycles. The molecule has 0 bridgehead atoms. The van der Waals surface area contributed by atoms with E-state index in [1.165, 1.54) is 4.31 Å². The Labute approximate surface area is 203 Å². The van der Waals surface area contributed by atoms with Gasteiger partial charge in [-0.15, -0.1) is 0 Å². The second-order valence-corrected chi connectivity index (χ2v) is 10.9. The maximum Gasteiger partial charge on any atom is 0.264 e. The van der Waals surface area contributed by atoms with Gasteiger partial charge in [0, 0.05) is 0 Å². The topological polar surface area (TPSA) is 66.5 Å². The van der Waals surface area contributed by atoms with Gasteiger partial charge in [0.25, 0.3) is 10.0 Å². The second kappa shape index (κ2) is 10.9. The number of hydrogen-bond donors (Lipinski definition) is 1. The first-order valence-electron chi connectivity index (χ1n) is 11.7. The first-order chi connectivity index (χ1) is 16.1. The van der Waals surface area contributed by atoms with Crippen molar-refractivity contribution >= 4 is 21.6 Å². The largest absolute Gasteiger partial charge is 0.348 e. The first-order valence-corrected chi connectivity index (χ1v) is 13.1. The molecule has 0 fully saturated rings. The number of sulfonamides is 1. The molecular formula is C28H34N2O3S. The molecule has 3 aromatic carbocycles. The molecule has 0 aliphatic rings. The van der Waals surface area contributed by atoms with Crippen molar-refractivity contribution < 1.29 is 13.2 Å². The van der Waals surface area contributed by atoms with Gasteiger partial charge in [-0.25, -0.2) is 8.42 Å². The Morgan fingerprint density at radius 3 is 1.82 bits per heavy atom. The summed E-state index contributed by atoms with van der Waals surface area (Å²) in [6.45, 7) is 9.78. The molecule has 0 aliphatic carbocycles. The van der Waals surface area contributed by atoms with Gasteiger partial charge in [-0.05, 0) is 61.6 Å². The summed E-state index contributed by atoms with van der Waals surface area (Å²) in [5, 5.41) is 3.02. The summed E-state index contributed by atoms with van der Waals surface area (Å²) in [6.07, 6.45) is 0.697. The van der Waals surface area contributed by atoms with E-state index in [2.05, 4.69) is 19.2 Å². The smallest absolute Gasteiger partial charge is 0.264 e. The van der Waals surface area contributed by atoms with Crippen LogP contribution in [0.4, 0.5) is 5.69 Å². The lowest BCUT2D eigenvalue weighted by molar-refractivity contribution is -0.120. The molecule has 0 aromatic heterocycles. The molecule has 3 rings (SSSR count). The van der Waals surface area contributed by atoms with Gasteiger partial charge in [0.15, 0.2) is 0 Å². The number of benzene rings is 3. The standard InChI is InChI=1S/C28H34N2O3S/c1-6-27(24-11-7-21(4)8-12-24)29-28(31)19-30(25-15-13-23(14-16-25)20(2)3)34(32,33)26-17-9-22(5)10-18-26/h7-18,20,27H,6,19H2,1-5H3,(H,29,31)/t27-/m0/s1. The molecule has 0 saturated heterocycles. The van der Waals surface area contributed by atoms with E-state index in [9.17, 15) is 13.2 Å². The Balaban J connectivity index is 1.92. The van der Waals surface area contributed by atoms with E-state index in [0.29, 0.717) is 18.0 Å². The summed E-state index contributed by atoms with van der Waals surface area (Å²) < 4.78 is 28.4. The van der Waals surface area contributed by atoms with Crippen LogP contribution < -0.4 is 9.62 Å². The summed E-state index contributed by atoms with van der Waals surface area (Å²) >= 11 is 0. The highest BCUT2D eigenvalue weighted by Crippen LogP contribution is 2.26. The Morgan fingerprint density at radius 1 is 0.824 bits per heavy atom. The summed E-state index contributed by atoms with van der Waals surface area (Å²) in [6, 6.07) is 21.9. The highest BCUT2D eigenvalue weighted by atomic mass is 32.2.